The molecule has 1 aliphatic rings. The van der Waals surface area contributed by atoms with Crippen molar-refractivity contribution in [3.8, 4) is 0 Å². The maximum absolute atomic E-state index is 12.4. The van der Waals surface area contributed by atoms with Crippen LogP contribution in [0, 0.1) is 0 Å². The Morgan fingerprint density at radius 2 is 1.80 bits per heavy atom. The quantitative estimate of drug-likeness (QED) is 0.894. The van der Waals surface area contributed by atoms with Gasteiger partial charge in [0.2, 0.25) is 10.0 Å². The van der Waals surface area contributed by atoms with Gasteiger partial charge in [0.25, 0.3) is 0 Å². The van der Waals surface area contributed by atoms with Gasteiger partial charge in [0.1, 0.15) is 0 Å². The average Bonchev–Trinajstić information content (AvgIpc) is 2.41. The Morgan fingerprint density at radius 3 is 2.40 bits per heavy atom. The average molecular weight is 319 g/mol. The molecule has 4 nitrogen and oxygen atoms in total. The van der Waals surface area contributed by atoms with E-state index >= 15 is 0 Å². The number of rotatable bonds is 4. The fourth-order valence-corrected chi connectivity index (χ4v) is 4.19. The lowest BCUT2D eigenvalue weighted by Crippen LogP contribution is -2.40. The molecule has 0 amide bonds. The van der Waals surface area contributed by atoms with Crippen LogP contribution >= 0.6 is 12.4 Å². The zero-order chi connectivity index (χ0) is 13.9. The van der Waals surface area contributed by atoms with Crippen LogP contribution in [0.15, 0.2) is 29.2 Å². The third-order valence-corrected chi connectivity index (χ3v) is 5.36. The van der Waals surface area contributed by atoms with Crippen molar-refractivity contribution >= 4 is 22.4 Å². The molecule has 3 N–H and O–H groups in total. The normalized spacial score (nSPS) is 23.1. The van der Waals surface area contributed by atoms with Crippen molar-refractivity contribution in [3.05, 3.63) is 29.8 Å². The summed E-state index contributed by atoms with van der Waals surface area (Å²) in [4.78, 5) is 0.410. The van der Waals surface area contributed by atoms with Crippen molar-refractivity contribution in [2.75, 3.05) is 0 Å². The SMILES string of the molecule is CCc1ccccc1S(=O)(=O)NC1CCC(N)CC1.Cl. The van der Waals surface area contributed by atoms with E-state index < -0.39 is 10.0 Å². The zero-order valence-corrected chi connectivity index (χ0v) is 13.3. The standard InChI is InChI=1S/C14H22N2O2S.ClH/c1-2-11-5-3-4-6-14(11)19(17,18)16-13-9-7-12(15)8-10-13;/h3-6,12-13,16H,2,7-10,15H2,1H3;1H. The van der Waals surface area contributed by atoms with Crippen LogP contribution in [0.4, 0.5) is 0 Å². The molecule has 0 aromatic heterocycles. The van der Waals surface area contributed by atoms with Gasteiger partial charge in [-0.2, -0.15) is 0 Å². The van der Waals surface area contributed by atoms with Gasteiger partial charge in [-0.1, -0.05) is 25.1 Å². The summed E-state index contributed by atoms with van der Waals surface area (Å²) >= 11 is 0. The van der Waals surface area contributed by atoms with E-state index in [9.17, 15) is 8.42 Å². The number of hydrogen-bond acceptors (Lipinski definition) is 3. The minimum Gasteiger partial charge on any atom is -0.328 e. The van der Waals surface area contributed by atoms with Crippen LogP contribution in [-0.4, -0.2) is 20.5 Å². The molecular weight excluding hydrogens is 296 g/mol. The summed E-state index contributed by atoms with van der Waals surface area (Å²) in [6.45, 7) is 1.97. The van der Waals surface area contributed by atoms with Crippen LogP contribution in [-0.2, 0) is 16.4 Å². The van der Waals surface area contributed by atoms with Gasteiger partial charge >= 0.3 is 0 Å². The molecule has 0 heterocycles. The van der Waals surface area contributed by atoms with Crippen molar-refractivity contribution in [2.24, 2.45) is 5.73 Å². The topological polar surface area (TPSA) is 72.2 Å². The molecule has 0 bridgehead atoms. The van der Waals surface area contributed by atoms with E-state index in [4.69, 9.17) is 5.73 Å². The molecule has 1 saturated carbocycles. The van der Waals surface area contributed by atoms with E-state index in [1.165, 1.54) is 0 Å². The largest absolute Gasteiger partial charge is 0.328 e. The van der Waals surface area contributed by atoms with Gasteiger partial charge in [-0.25, -0.2) is 13.1 Å². The second-order valence-electron chi connectivity index (χ2n) is 5.19. The monoisotopic (exact) mass is 318 g/mol. The number of nitrogens with two attached hydrogens (primary N) is 1. The first-order valence-electron chi connectivity index (χ1n) is 6.88. The Kier molecular flexibility index (Phi) is 6.45. The van der Waals surface area contributed by atoms with Gasteiger partial charge in [-0.05, 0) is 43.7 Å². The smallest absolute Gasteiger partial charge is 0.241 e. The first kappa shape index (κ1) is 17.4. The third-order valence-electron chi connectivity index (χ3n) is 3.74. The first-order chi connectivity index (χ1) is 9.03. The number of benzene rings is 1. The van der Waals surface area contributed by atoms with Gasteiger partial charge in [-0.3, -0.25) is 0 Å². The maximum atomic E-state index is 12.4. The number of nitrogens with one attached hydrogen (secondary N) is 1. The second kappa shape index (κ2) is 7.41. The molecule has 1 fully saturated rings. The number of aryl methyl sites for hydroxylation is 1. The Morgan fingerprint density at radius 1 is 1.20 bits per heavy atom. The summed E-state index contributed by atoms with van der Waals surface area (Å²) in [6.07, 6.45) is 4.15. The van der Waals surface area contributed by atoms with Crippen LogP contribution in [0.3, 0.4) is 0 Å². The van der Waals surface area contributed by atoms with Crippen LogP contribution in [0.2, 0.25) is 0 Å². The highest BCUT2D eigenvalue weighted by Crippen LogP contribution is 2.21. The van der Waals surface area contributed by atoms with Gasteiger partial charge in [0.15, 0.2) is 0 Å². The summed E-state index contributed by atoms with van der Waals surface area (Å²) in [5.41, 5.74) is 6.70. The Bertz CT molecular complexity index is 526. The van der Waals surface area contributed by atoms with E-state index in [2.05, 4.69) is 4.72 Å². The molecule has 20 heavy (non-hydrogen) atoms. The van der Waals surface area contributed by atoms with Crippen LogP contribution in [0.1, 0.15) is 38.2 Å². The van der Waals surface area contributed by atoms with Crippen LogP contribution < -0.4 is 10.5 Å². The molecule has 2 rings (SSSR count). The van der Waals surface area contributed by atoms with Gasteiger partial charge in [0, 0.05) is 12.1 Å². The second-order valence-corrected chi connectivity index (χ2v) is 6.88. The number of sulfonamides is 1. The van der Waals surface area contributed by atoms with Crippen molar-refractivity contribution in [2.45, 2.75) is 56.0 Å². The highest BCUT2D eigenvalue weighted by atomic mass is 35.5. The molecule has 6 heteroatoms. The van der Waals surface area contributed by atoms with E-state index in [1.54, 1.807) is 12.1 Å². The van der Waals surface area contributed by atoms with E-state index in [-0.39, 0.29) is 24.5 Å². The van der Waals surface area contributed by atoms with Crippen molar-refractivity contribution in [1.29, 1.82) is 0 Å². The molecule has 114 valence electrons. The molecule has 0 aliphatic heterocycles. The molecule has 0 saturated heterocycles. The predicted molar refractivity (Wildman–Crippen MR) is 83.6 cm³/mol. The third kappa shape index (κ3) is 4.19. The van der Waals surface area contributed by atoms with Crippen LogP contribution in [0.5, 0.6) is 0 Å². The van der Waals surface area contributed by atoms with Crippen LogP contribution in [0.25, 0.3) is 0 Å². The van der Waals surface area contributed by atoms with E-state index in [0.29, 0.717) is 11.3 Å². The summed E-state index contributed by atoms with van der Waals surface area (Å²) < 4.78 is 27.7. The van der Waals surface area contributed by atoms with Gasteiger partial charge in [0.05, 0.1) is 4.90 Å². The molecule has 1 aromatic rings. The Labute approximate surface area is 127 Å². The van der Waals surface area contributed by atoms with Crippen molar-refractivity contribution < 1.29 is 8.42 Å². The molecular formula is C14H23ClN2O2S. The Hall–Kier alpha value is -0.620. The highest BCUT2D eigenvalue weighted by molar-refractivity contribution is 7.89. The Balaban J connectivity index is 0.00000200. The minimum absolute atomic E-state index is 0. The van der Waals surface area contributed by atoms with E-state index in [1.807, 2.05) is 19.1 Å². The van der Waals surface area contributed by atoms with E-state index in [0.717, 1.165) is 31.2 Å². The predicted octanol–water partition coefficient (Wildman–Crippen LogP) is 2.22. The summed E-state index contributed by atoms with van der Waals surface area (Å²) in [5.74, 6) is 0. The lowest BCUT2D eigenvalue weighted by molar-refractivity contribution is 0.373. The summed E-state index contributed by atoms with van der Waals surface area (Å²) in [6, 6.07) is 7.43. The number of hydrogen-bond donors (Lipinski definition) is 2. The minimum atomic E-state index is -3.41. The highest BCUT2D eigenvalue weighted by Gasteiger charge is 2.25. The van der Waals surface area contributed by atoms with Gasteiger partial charge < -0.3 is 5.73 Å². The van der Waals surface area contributed by atoms with Gasteiger partial charge in [-0.15, -0.1) is 12.4 Å². The molecule has 0 unspecified atom stereocenters. The maximum Gasteiger partial charge on any atom is 0.241 e. The molecule has 1 aromatic carbocycles. The number of halogens is 1. The summed E-state index contributed by atoms with van der Waals surface area (Å²) in [7, 11) is -3.41. The molecule has 1 aliphatic carbocycles. The molecule has 0 spiro atoms. The van der Waals surface area contributed by atoms with Crippen molar-refractivity contribution in [3.63, 3.8) is 0 Å². The summed E-state index contributed by atoms with van der Waals surface area (Å²) in [5, 5.41) is 0. The first-order valence-corrected chi connectivity index (χ1v) is 8.37. The molecule has 0 radical (unpaired) electrons. The van der Waals surface area contributed by atoms with Crippen molar-refractivity contribution in [1.82, 2.24) is 4.72 Å². The zero-order valence-electron chi connectivity index (χ0n) is 11.7. The molecule has 0 atom stereocenters. The fourth-order valence-electron chi connectivity index (χ4n) is 2.58. The fraction of sp³-hybridized carbons (Fsp3) is 0.571. The lowest BCUT2D eigenvalue weighted by Gasteiger charge is -2.26. The lowest BCUT2D eigenvalue weighted by atomic mass is 9.93.